The van der Waals surface area contributed by atoms with Gasteiger partial charge in [0.15, 0.2) is 0 Å². The minimum Gasteiger partial charge on any atom is -0.493 e. The highest BCUT2D eigenvalue weighted by Crippen LogP contribution is 2.19. The van der Waals surface area contributed by atoms with E-state index in [1.54, 1.807) is 0 Å². The summed E-state index contributed by atoms with van der Waals surface area (Å²) in [5.74, 6) is 2.36. The maximum atomic E-state index is 5.72. The molecule has 0 fully saturated rings. The van der Waals surface area contributed by atoms with Gasteiger partial charge >= 0.3 is 0 Å². The normalized spacial score (nSPS) is 12.6. The van der Waals surface area contributed by atoms with Crippen molar-refractivity contribution in [1.82, 2.24) is 0 Å². The summed E-state index contributed by atoms with van der Waals surface area (Å²) in [5.41, 5.74) is 2.44. The zero-order chi connectivity index (χ0) is 10.6. The van der Waals surface area contributed by atoms with Crippen LogP contribution in [0.25, 0.3) is 0 Å². The number of aryl methyl sites for hydroxylation is 2. The maximum Gasteiger partial charge on any atom is 0.122 e. The van der Waals surface area contributed by atoms with Crippen LogP contribution in [-0.4, -0.2) is 12.4 Å². The van der Waals surface area contributed by atoms with E-state index in [9.17, 15) is 0 Å². The van der Waals surface area contributed by atoms with Gasteiger partial charge in [-0.2, -0.15) is 12.6 Å². The van der Waals surface area contributed by atoms with Crippen LogP contribution in [0, 0.1) is 19.8 Å². The van der Waals surface area contributed by atoms with Gasteiger partial charge in [0, 0.05) is 0 Å². The fourth-order valence-electron chi connectivity index (χ4n) is 1.15. The Kier molecular flexibility index (Phi) is 4.33. The van der Waals surface area contributed by atoms with Crippen LogP contribution in [0.2, 0.25) is 0 Å². The van der Waals surface area contributed by atoms with E-state index < -0.39 is 0 Å². The van der Waals surface area contributed by atoms with Crippen molar-refractivity contribution >= 4 is 12.6 Å². The van der Waals surface area contributed by atoms with Gasteiger partial charge in [-0.05, 0) is 42.7 Å². The molecule has 1 atom stereocenters. The molecule has 14 heavy (non-hydrogen) atoms. The first-order chi connectivity index (χ1) is 6.63. The summed E-state index contributed by atoms with van der Waals surface area (Å²) in [6, 6.07) is 6.28. The zero-order valence-corrected chi connectivity index (χ0v) is 9.97. The van der Waals surface area contributed by atoms with Crippen molar-refractivity contribution in [3.05, 3.63) is 29.3 Å². The average Bonchev–Trinajstić information content (AvgIpc) is 2.19. The molecule has 0 aromatic heterocycles. The largest absolute Gasteiger partial charge is 0.493 e. The molecule has 0 saturated carbocycles. The Balaban J connectivity index is 2.62. The Morgan fingerprint density at radius 2 is 2.07 bits per heavy atom. The van der Waals surface area contributed by atoms with Gasteiger partial charge in [-0.15, -0.1) is 0 Å². The highest BCUT2D eigenvalue weighted by atomic mass is 32.1. The first kappa shape index (κ1) is 11.4. The van der Waals surface area contributed by atoms with E-state index in [-0.39, 0.29) is 0 Å². The van der Waals surface area contributed by atoms with Gasteiger partial charge in [0.2, 0.25) is 0 Å². The summed E-state index contributed by atoms with van der Waals surface area (Å²) < 4.78 is 5.72. The second-order valence-electron chi connectivity index (χ2n) is 3.87. The van der Waals surface area contributed by atoms with E-state index in [2.05, 4.69) is 51.6 Å². The molecule has 0 aliphatic rings. The standard InChI is InChI=1S/C12H18OS/c1-9-4-5-11(3)12(6-9)13-7-10(2)8-14/h4-6,10,14H,7-8H2,1-3H3. The molecule has 1 rings (SSSR count). The number of benzene rings is 1. The van der Waals surface area contributed by atoms with Crippen LogP contribution in [0.4, 0.5) is 0 Å². The molecule has 0 saturated heterocycles. The van der Waals surface area contributed by atoms with Crippen LogP contribution in [0.3, 0.4) is 0 Å². The Morgan fingerprint density at radius 3 is 2.71 bits per heavy atom. The van der Waals surface area contributed by atoms with Gasteiger partial charge in [-0.3, -0.25) is 0 Å². The molecule has 0 radical (unpaired) electrons. The number of hydrogen-bond acceptors (Lipinski definition) is 2. The SMILES string of the molecule is Cc1ccc(C)c(OCC(C)CS)c1. The highest BCUT2D eigenvalue weighted by molar-refractivity contribution is 7.80. The molecule has 0 amide bonds. The predicted molar refractivity (Wildman–Crippen MR) is 64.4 cm³/mol. The van der Waals surface area contributed by atoms with Crippen molar-refractivity contribution in [2.24, 2.45) is 5.92 Å². The van der Waals surface area contributed by atoms with Crippen molar-refractivity contribution < 1.29 is 4.74 Å². The Hall–Kier alpha value is -0.630. The number of ether oxygens (including phenoxy) is 1. The lowest BCUT2D eigenvalue weighted by Crippen LogP contribution is -2.10. The van der Waals surface area contributed by atoms with Crippen molar-refractivity contribution in [2.45, 2.75) is 20.8 Å². The van der Waals surface area contributed by atoms with Gasteiger partial charge < -0.3 is 4.74 Å². The number of thiol groups is 1. The fraction of sp³-hybridized carbons (Fsp3) is 0.500. The Morgan fingerprint density at radius 1 is 1.36 bits per heavy atom. The third-order valence-corrected chi connectivity index (χ3v) is 2.80. The highest BCUT2D eigenvalue weighted by Gasteiger charge is 2.03. The minimum absolute atomic E-state index is 0.498. The topological polar surface area (TPSA) is 9.23 Å². The van der Waals surface area contributed by atoms with Gasteiger partial charge in [0.25, 0.3) is 0 Å². The molecule has 0 bridgehead atoms. The van der Waals surface area contributed by atoms with E-state index in [0.29, 0.717) is 5.92 Å². The third kappa shape index (κ3) is 3.26. The summed E-state index contributed by atoms with van der Waals surface area (Å²) in [6.45, 7) is 7.03. The van der Waals surface area contributed by atoms with E-state index in [0.717, 1.165) is 18.1 Å². The summed E-state index contributed by atoms with van der Waals surface area (Å²) in [7, 11) is 0. The zero-order valence-electron chi connectivity index (χ0n) is 9.08. The number of rotatable bonds is 4. The first-order valence-corrected chi connectivity index (χ1v) is 5.57. The van der Waals surface area contributed by atoms with Gasteiger partial charge in [0.05, 0.1) is 6.61 Å². The van der Waals surface area contributed by atoms with Crippen LogP contribution in [0.5, 0.6) is 5.75 Å². The molecule has 1 aromatic rings. The quantitative estimate of drug-likeness (QED) is 0.751. The van der Waals surface area contributed by atoms with Crippen molar-refractivity contribution in [3.8, 4) is 5.75 Å². The summed E-state index contributed by atoms with van der Waals surface area (Å²) in [5, 5.41) is 0. The van der Waals surface area contributed by atoms with E-state index >= 15 is 0 Å². The predicted octanol–water partition coefficient (Wildman–Crippen LogP) is 3.25. The molecular formula is C12H18OS. The molecule has 0 spiro atoms. The van der Waals surface area contributed by atoms with Crippen molar-refractivity contribution in [2.75, 3.05) is 12.4 Å². The molecule has 0 aliphatic carbocycles. The van der Waals surface area contributed by atoms with Crippen LogP contribution in [0.1, 0.15) is 18.1 Å². The molecule has 1 aromatic carbocycles. The Labute approximate surface area is 91.9 Å². The van der Waals surface area contributed by atoms with E-state index in [1.807, 2.05) is 0 Å². The second-order valence-corrected chi connectivity index (χ2v) is 4.23. The fourth-order valence-corrected chi connectivity index (χ4v) is 1.25. The molecule has 0 N–H and O–H groups in total. The molecule has 1 unspecified atom stereocenters. The summed E-state index contributed by atoms with van der Waals surface area (Å²) in [6.07, 6.45) is 0. The molecule has 0 aliphatic heterocycles. The second kappa shape index (κ2) is 5.30. The lowest BCUT2D eigenvalue weighted by molar-refractivity contribution is 0.272. The van der Waals surface area contributed by atoms with Crippen LogP contribution < -0.4 is 4.74 Å². The molecular weight excluding hydrogens is 192 g/mol. The Bertz CT molecular complexity index is 296. The first-order valence-electron chi connectivity index (χ1n) is 4.94. The van der Waals surface area contributed by atoms with Crippen LogP contribution in [-0.2, 0) is 0 Å². The van der Waals surface area contributed by atoms with Gasteiger partial charge in [-0.1, -0.05) is 19.1 Å². The van der Waals surface area contributed by atoms with Crippen LogP contribution in [0.15, 0.2) is 18.2 Å². The number of hydrogen-bond donors (Lipinski definition) is 1. The molecule has 1 nitrogen and oxygen atoms in total. The average molecular weight is 210 g/mol. The van der Waals surface area contributed by atoms with Crippen LogP contribution >= 0.6 is 12.6 Å². The summed E-state index contributed by atoms with van der Waals surface area (Å²) in [4.78, 5) is 0. The van der Waals surface area contributed by atoms with E-state index in [4.69, 9.17) is 4.74 Å². The van der Waals surface area contributed by atoms with Gasteiger partial charge in [-0.25, -0.2) is 0 Å². The molecule has 0 heterocycles. The van der Waals surface area contributed by atoms with Gasteiger partial charge in [0.1, 0.15) is 5.75 Å². The van der Waals surface area contributed by atoms with Crippen molar-refractivity contribution in [3.63, 3.8) is 0 Å². The minimum atomic E-state index is 0.498. The summed E-state index contributed by atoms with van der Waals surface area (Å²) >= 11 is 4.23. The monoisotopic (exact) mass is 210 g/mol. The lowest BCUT2D eigenvalue weighted by Gasteiger charge is -2.13. The molecule has 2 heteroatoms. The van der Waals surface area contributed by atoms with E-state index in [1.165, 1.54) is 11.1 Å². The smallest absolute Gasteiger partial charge is 0.122 e. The van der Waals surface area contributed by atoms with Crippen molar-refractivity contribution in [1.29, 1.82) is 0 Å². The molecule has 78 valence electrons. The maximum absolute atomic E-state index is 5.72. The lowest BCUT2D eigenvalue weighted by atomic mass is 10.1. The third-order valence-electron chi connectivity index (χ3n) is 2.18.